The molecule has 0 fully saturated rings. The van der Waals surface area contributed by atoms with Gasteiger partial charge in [0, 0.05) is 11.8 Å². The Morgan fingerprint density at radius 3 is 2.83 bits per heavy atom. The van der Waals surface area contributed by atoms with Crippen molar-refractivity contribution in [1.82, 2.24) is 29.6 Å². The molecule has 0 aliphatic rings. The molecule has 0 amide bonds. The van der Waals surface area contributed by atoms with Crippen LogP contribution in [-0.4, -0.2) is 29.6 Å². The fourth-order valence-corrected chi connectivity index (χ4v) is 5.12. The molecule has 0 bridgehead atoms. The summed E-state index contributed by atoms with van der Waals surface area (Å²) in [4.78, 5) is 18.1. The van der Waals surface area contributed by atoms with Crippen LogP contribution < -0.4 is 5.56 Å². The summed E-state index contributed by atoms with van der Waals surface area (Å²) in [6.45, 7) is 4.09. The minimum Gasteiger partial charge on any atom is -0.269 e. The second kappa shape index (κ2) is 7.09. The maximum Gasteiger partial charge on any atom is 0.259 e. The van der Waals surface area contributed by atoms with Gasteiger partial charge in [-0.1, -0.05) is 52.9 Å². The molecule has 0 aliphatic heterocycles. The highest BCUT2D eigenvalue weighted by molar-refractivity contribution is 7.98. The van der Waals surface area contributed by atoms with E-state index in [-0.39, 0.29) is 5.56 Å². The predicted octanol–water partition coefficient (Wildman–Crippen LogP) is 3.79. The lowest BCUT2D eigenvalue weighted by atomic mass is 10.1. The summed E-state index contributed by atoms with van der Waals surface area (Å²) in [6, 6.07) is 15.6. The number of benzene rings is 2. The molecule has 7 nitrogen and oxygen atoms in total. The maximum absolute atomic E-state index is 12.7. The first kappa shape index (κ1) is 18.0. The van der Waals surface area contributed by atoms with E-state index in [0.29, 0.717) is 21.6 Å². The molecule has 0 N–H and O–H groups in total. The van der Waals surface area contributed by atoms with Crippen molar-refractivity contribution in [2.24, 2.45) is 0 Å². The van der Waals surface area contributed by atoms with Crippen molar-refractivity contribution >= 4 is 38.3 Å². The molecule has 0 radical (unpaired) electrons. The number of thioether (sulfide) groups is 1. The van der Waals surface area contributed by atoms with Gasteiger partial charge in [0.05, 0.1) is 21.6 Å². The molecule has 0 atom stereocenters. The zero-order valence-corrected chi connectivity index (χ0v) is 17.4. The van der Waals surface area contributed by atoms with Crippen LogP contribution in [0.15, 0.2) is 58.5 Å². The molecule has 144 valence electrons. The Morgan fingerprint density at radius 2 is 1.97 bits per heavy atom. The van der Waals surface area contributed by atoms with Crippen LogP contribution in [0.3, 0.4) is 0 Å². The van der Waals surface area contributed by atoms with Gasteiger partial charge in [-0.2, -0.15) is 4.68 Å². The van der Waals surface area contributed by atoms with Crippen LogP contribution in [0.4, 0.5) is 0 Å². The summed E-state index contributed by atoms with van der Waals surface area (Å²) < 4.78 is 4.43. The topological polar surface area (TPSA) is 78.0 Å². The molecule has 0 spiro atoms. The number of tetrazole rings is 1. The van der Waals surface area contributed by atoms with Crippen molar-refractivity contribution in [3.63, 3.8) is 0 Å². The summed E-state index contributed by atoms with van der Waals surface area (Å²) in [5.74, 6) is 0.505. The smallest absolute Gasteiger partial charge is 0.259 e. The van der Waals surface area contributed by atoms with Crippen LogP contribution in [0.1, 0.15) is 16.8 Å². The first-order chi connectivity index (χ1) is 14.1. The standard InChI is InChI=1S/C20H16N6OS2/c1-12-7-8-15(13(2)9-12)26-20(22-23-24-26)28-11-14-10-18(27)25-16-5-3-4-6-17(16)29-19(25)21-14/h3-10H,11H2,1-2H3. The molecular weight excluding hydrogens is 404 g/mol. The lowest BCUT2D eigenvalue weighted by Crippen LogP contribution is -2.13. The third-order valence-corrected chi connectivity index (χ3v) is 6.59. The molecule has 5 rings (SSSR count). The monoisotopic (exact) mass is 420 g/mol. The summed E-state index contributed by atoms with van der Waals surface area (Å²) in [7, 11) is 0. The van der Waals surface area contributed by atoms with E-state index in [4.69, 9.17) is 0 Å². The van der Waals surface area contributed by atoms with Crippen LogP contribution in [-0.2, 0) is 5.75 Å². The highest BCUT2D eigenvalue weighted by Gasteiger charge is 2.14. The van der Waals surface area contributed by atoms with E-state index in [2.05, 4.69) is 33.5 Å². The SMILES string of the molecule is Cc1ccc(-n2nnnc2SCc2cc(=O)n3c(n2)sc2ccccc23)c(C)c1. The number of hydrogen-bond donors (Lipinski definition) is 0. The molecule has 2 aromatic carbocycles. The second-order valence-corrected chi connectivity index (χ2v) is 8.68. The lowest BCUT2D eigenvalue weighted by Gasteiger charge is -2.08. The predicted molar refractivity (Wildman–Crippen MR) is 115 cm³/mol. The quantitative estimate of drug-likeness (QED) is 0.412. The van der Waals surface area contributed by atoms with Crippen LogP contribution in [0, 0.1) is 13.8 Å². The number of fused-ring (bicyclic) bond motifs is 3. The Balaban J connectivity index is 1.47. The van der Waals surface area contributed by atoms with Gasteiger partial charge >= 0.3 is 0 Å². The molecule has 29 heavy (non-hydrogen) atoms. The zero-order chi connectivity index (χ0) is 20.0. The van der Waals surface area contributed by atoms with Gasteiger partial charge in [0.15, 0.2) is 4.96 Å². The minimum absolute atomic E-state index is 0.0722. The van der Waals surface area contributed by atoms with E-state index in [9.17, 15) is 4.79 Å². The molecule has 0 saturated carbocycles. The molecular formula is C20H16N6OS2. The van der Waals surface area contributed by atoms with E-state index in [0.717, 1.165) is 21.5 Å². The maximum atomic E-state index is 12.7. The number of hydrogen-bond acceptors (Lipinski definition) is 7. The summed E-state index contributed by atoms with van der Waals surface area (Å²) in [6.07, 6.45) is 0. The van der Waals surface area contributed by atoms with Crippen molar-refractivity contribution in [1.29, 1.82) is 0 Å². The first-order valence-electron chi connectivity index (χ1n) is 8.99. The van der Waals surface area contributed by atoms with Gasteiger partial charge in [-0.25, -0.2) is 4.98 Å². The van der Waals surface area contributed by atoms with Crippen LogP contribution in [0.25, 0.3) is 20.9 Å². The van der Waals surface area contributed by atoms with Gasteiger partial charge in [-0.15, -0.1) is 5.10 Å². The van der Waals surface area contributed by atoms with Gasteiger partial charge in [0.1, 0.15) is 0 Å². The fraction of sp³-hybridized carbons (Fsp3) is 0.150. The number of aryl methyl sites for hydroxylation is 2. The molecule has 0 saturated heterocycles. The molecule has 3 heterocycles. The Kier molecular flexibility index (Phi) is 4.40. The Hall–Kier alpha value is -3.04. The highest BCUT2D eigenvalue weighted by Crippen LogP contribution is 2.26. The summed E-state index contributed by atoms with van der Waals surface area (Å²) in [5.41, 5.74) is 4.76. The largest absolute Gasteiger partial charge is 0.269 e. The summed E-state index contributed by atoms with van der Waals surface area (Å²) >= 11 is 2.97. The van der Waals surface area contributed by atoms with Gasteiger partial charge in [0.2, 0.25) is 5.16 Å². The zero-order valence-electron chi connectivity index (χ0n) is 15.7. The van der Waals surface area contributed by atoms with Crippen LogP contribution >= 0.6 is 23.1 Å². The number of para-hydroxylation sites is 1. The Morgan fingerprint density at radius 1 is 1.10 bits per heavy atom. The molecule has 3 aromatic heterocycles. The van der Waals surface area contributed by atoms with Gasteiger partial charge < -0.3 is 0 Å². The van der Waals surface area contributed by atoms with Crippen LogP contribution in [0.5, 0.6) is 0 Å². The van der Waals surface area contributed by atoms with Crippen LogP contribution in [0.2, 0.25) is 0 Å². The Labute approximate surface area is 174 Å². The molecule has 0 aliphatic carbocycles. The average molecular weight is 421 g/mol. The van der Waals surface area contributed by atoms with Crippen molar-refractivity contribution in [2.75, 3.05) is 0 Å². The number of rotatable bonds is 4. The molecule has 0 unspecified atom stereocenters. The third kappa shape index (κ3) is 3.22. The third-order valence-electron chi connectivity index (χ3n) is 4.62. The lowest BCUT2D eigenvalue weighted by molar-refractivity contribution is 0.751. The first-order valence-corrected chi connectivity index (χ1v) is 10.8. The van der Waals surface area contributed by atoms with Gasteiger partial charge in [-0.3, -0.25) is 9.20 Å². The Bertz CT molecular complexity index is 1420. The number of nitrogens with zero attached hydrogens (tertiary/aromatic N) is 6. The van der Waals surface area contributed by atoms with E-state index >= 15 is 0 Å². The van der Waals surface area contributed by atoms with E-state index in [1.165, 1.54) is 28.7 Å². The van der Waals surface area contributed by atoms with Crippen molar-refractivity contribution in [3.05, 3.63) is 75.7 Å². The van der Waals surface area contributed by atoms with E-state index in [1.54, 1.807) is 15.1 Å². The highest BCUT2D eigenvalue weighted by atomic mass is 32.2. The van der Waals surface area contributed by atoms with Crippen molar-refractivity contribution < 1.29 is 0 Å². The minimum atomic E-state index is -0.0722. The van der Waals surface area contributed by atoms with Gasteiger partial charge in [0.25, 0.3) is 5.56 Å². The number of aromatic nitrogens is 6. The van der Waals surface area contributed by atoms with Gasteiger partial charge in [-0.05, 0) is 48.0 Å². The number of thiazole rings is 1. The summed E-state index contributed by atoms with van der Waals surface area (Å²) in [5, 5.41) is 12.8. The van der Waals surface area contributed by atoms with E-state index in [1.807, 2.05) is 43.3 Å². The normalized spacial score (nSPS) is 11.5. The molecule has 9 heteroatoms. The van der Waals surface area contributed by atoms with E-state index < -0.39 is 0 Å². The molecule has 5 aromatic rings. The van der Waals surface area contributed by atoms with Crippen molar-refractivity contribution in [2.45, 2.75) is 24.8 Å². The second-order valence-electron chi connectivity index (χ2n) is 6.73. The fourth-order valence-electron chi connectivity index (χ4n) is 3.30. The average Bonchev–Trinajstić information content (AvgIpc) is 3.30. The van der Waals surface area contributed by atoms with Crippen molar-refractivity contribution in [3.8, 4) is 5.69 Å².